The monoisotopic (exact) mass is 994 g/mol. The molecule has 0 radical (unpaired) electrons. The first-order chi connectivity index (χ1) is 32.8. The molecule has 24 heteroatoms. The lowest BCUT2D eigenvalue weighted by atomic mass is 9.96. The number of carbonyl (C=O) groups excluding carboxylic acids is 10. The largest absolute Gasteiger partial charge is 0.394 e. The lowest BCUT2D eigenvalue weighted by Crippen LogP contribution is -2.61. The number of hydrogen-bond acceptors (Lipinski definition) is 12. The zero-order valence-corrected chi connectivity index (χ0v) is 43.1. The number of likely N-dealkylation sites (N-methyl/N-ethyl adjacent to an activating group) is 3. The minimum absolute atomic E-state index is 0.0910. The number of hydrogen-bond donors (Lipinski definition) is 10. The van der Waals surface area contributed by atoms with E-state index in [2.05, 4.69) is 42.2 Å². The first-order valence-corrected chi connectivity index (χ1v) is 24.3. The average Bonchev–Trinajstić information content (AvgIpc) is 3.80. The molecular weight excluding hydrogens is 911 g/mol. The summed E-state index contributed by atoms with van der Waals surface area (Å²) in [6.45, 7) is 14.5. The Labute approximate surface area is 412 Å². The van der Waals surface area contributed by atoms with Crippen molar-refractivity contribution in [2.45, 2.75) is 156 Å². The van der Waals surface area contributed by atoms with E-state index in [-0.39, 0.29) is 56.0 Å². The Morgan fingerprint density at radius 3 is 1.91 bits per heavy atom. The van der Waals surface area contributed by atoms with E-state index in [1.54, 1.807) is 48.5 Å². The van der Waals surface area contributed by atoms with Crippen molar-refractivity contribution < 1.29 is 53.1 Å². The van der Waals surface area contributed by atoms with E-state index in [0.717, 1.165) is 9.80 Å². The molecule has 10 amide bonds. The molecule has 1 heterocycles. The summed E-state index contributed by atoms with van der Waals surface area (Å²) in [7, 11) is 2.75. The van der Waals surface area contributed by atoms with Crippen LogP contribution in [0.4, 0.5) is 0 Å². The Morgan fingerprint density at radius 1 is 0.757 bits per heavy atom. The first-order valence-electron chi connectivity index (χ1n) is 24.3. The number of nitrogens with zero attached hydrogens (tertiary/aromatic N) is 4. The number of aliphatic hydroxyl groups is 1. The van der Waals surface area contributed by atoms with Gasteiger partial charge in [-0.2, -0.15) is 0 Å². The van der Waals surface area contributed by atoms with Gasteiger partial charge in [-0.1, -0.05) is 61.3 Å². The van der Waals surface area contributed by atoms with Crippen LogP contribution < -0.4 is 48.7 Å². The van der Waals surface area contributed by atoms with E-state index < -0.39 is 115 Å². The van der Waals surface area contributed by atoms with Gasteiger partial charge < -0.3 is 68.5 Å². The smallest absolute Gasteiger partial charge is 0.247 e. The molecule has 398 valence electrons. The molecule has 0 aliphatic carbocycles. The third-order valence-corrected chi connectivity index (χ3v) is 12.0. The summed E-state index contributed by atoms with van der Waals surface area (Å²) in [6.07, 6.45) is 2.49. The Bertz CT molecular complexity index is 1830. The molecular formula is C46H83N13O11. The maximum Gasteiger partial charge on any atom is 0.247 e. The first kappa shape index (κ1) is 61.9. The molecule has 12 N–H and O–H groups in total. The average molecular weight is 994 g/mol. The molecule has 0 spiro atoms. The standard InChI is InChI=1S/C46H83N13O11/c1-12-17-33(41(66)56-38(28(8)13-2)43(68)52-30(18-15-20-50-46(47)48)45(70)59-21-16-19-34(59)40(65)49-14-3)58(11)44(69)32(25-60)54-39(64)31(22-26(4)5)53-42(67)37(27(6)7)55-35(62)23-51-36(63)24-57(10)29(9)61/h26-28,30-34,37-38,60H,12-25H2,1-11H3,(H,49,65)(H,51,63)(H,52,68)(H,53,67)(H,54,64)(H,55,62)(H,56,66)(H4,47,48,50)/t28?,30-,31+,32-,33-,34-,37-,38-/m0/s1. The lowest BCUT2D eigenvalue weighted by Gasteiger charge is -2.34. The number of nitrogens with one attached hydrogen (secondary N) is 7. The fraction of sp³-hybridized carbons (Fsp3) is 0.761. The second-order valence-electron chi connectivity index (χ2n) is 18.6. The minimum Gasteiger partial charge on any atom is -0.394 e. The predicted octanol–water partition coefficient (Wildman–Crippen LogP) is -2.45. The summed E-state index contributed by atoms with van der Waals surface area (Å²) in [6, 6.07) is -8.16. The van der Waals surface area contributed by atoms with Crippen LogP contribution in [0.3, 0.4) is 0 Å². The fourth-order valence-electron chi connectivity index (χ4n) is 7.69. The molecule has 70 heavy (non-hydrogen) atoms. The highest BCUT2D eigenvalue weighted by molar-refractivity contribution is 5.98. The number of likely N-dealkylation sites (tertiary alicyclic amines) is 1. The Balaban J connectivity index is 3.31. The summed E-state index contributed by atoms with van der Waals surface area (Å²) in [5.41, 5.74) is 11.0. The van der Waals surface area contributed by atoms with Gasteiger partial charge in [-0.25, -0.2) is 0 Å². The Morgan fingerprint density at radius 2 is 1.37 bits per heavy atom. The van der Waals surface area contributed by atoms with Crippen molar-refractivity contribution in [1.82, 2.24) is 51.9 Å². The van der Waals surface area contributed by atoms with Crippen molar-refractivity contribution in [2.75, 3.05) is 53.4 Å². The SMILES string of the molecule is CCC[C@@H](C(=O)N[C@H](C(=O)N[C@@H](CCCN=C(N)N)C(=O)N1CCC[C@H]1C(=O)NCC)C(C)CC)N(C)C(=O)[C@H](CO)NC(=O)[C@@H](CC(C)C)NC(=O)[C@@H](NC(=O)CNC(=O)CN(C)C(C)=O)C(C)C. The second-order valence-corrected chi connectivity index (χ2v) is 18.6. The van der Waals surface area contributed by atoms with Crippen LogP contribution in [0.1, 0.15) is 114 Å². The van der Waals surface area contributed by atoms with Gasteiger partial charge in [-0.05, 0) is 63.2 Å². The van der Waals surface area contributed by atoms with E-state index >= 15 is 0 Å². The third-order valence-electron chi connectivity index (χ3n) is 12.0. The van der Waals surface area contributed by atoms with Gasteiger partial charge in [0.25, 0.3) is 0 Å². The Hall–Kier alpha value is -6.07. The van der Waals surface area contributed by atoms with Gasteiger partial charge in [0, 0.05) is 40.7 Å². The van der Waals surface area contributed by atoms with Crippen molar-refractivity contribution in [2.24, 2.45) is 34.2 Å². The molecule has 8 atom stereocenters. The van der Waals surface area contributed by atoms with Crippen LogP contribution in [0.25, 0.3) is 0 Å². The summed E-state index contributed by atoms with van der Waals surface area (Å²) >= 11 is 0. The molecule has 0 bridgehead atoms. The van der Waals surface area contributed by atoms with E-state index in [4.69, 9.17) is 11.5 Å². The maximum absolute atomic E-state index is 14.2. The minimum atomic E-state index is -1.57. The van der Waals surface area contributed by atoms with Crippen molar-refractivity contribution in [1.29, 1.82) is 0 Å². The van der Waals surface area contributed by atoms with Crippen LogP contribution >= 0.6 is 0 Å². The molecule has 0 aromatic rings. The molecule has 0 saturated carbocycles. The zero-order valence-electron chi connectivity index (χ0n) is 43.1. The van der Waals surface area contributed by atoms with Gasteiger partial charge in [0.1, 0.15) is 42.3 Å². The third kappa shape index (κ3) is 20.5. The molecule has 1 aliphatic heterocycles. The second kappa shape index (κ2) is 31.2. The predicted molar refractivity (Wildman–Crippen MR) is 262 cm³/mol. The number of amides is 10. The van der Waals surface area contributed by atoms with Crippen molar-refractivity contribution in [3.05, 3.63) is 0 Å². The van der Waals surface area contributed by atoms with Gasteiger partial charge >= 0.3 is 0 Å². The van der Waals surface area contributed by atoms with Crippen molar-refractivity contribution in [3.63, 3.8) is 0 Å². The zero-order chi connectivity index (χ0) is 53.4. The van der Waals surface area contributed by atoms with E-state index in [9.17, 15) is 53.1 Å². The van der Waals surface area contributed by atoms with Crippen molar-refractivity contribution in [3.8, 4) is 0 Å². The molecule has 1 unspecified atom stereocenters. The fourth-order valence-corrected chi connectivity index (χ4v) is 7.69. The van der Waals surface area contributed by atoms with Crippen molar-refractivity contribution >= 4 is 65.0 Å². The highest BCUT2D eigenvalue weighted by Crippen LogP contribution is 2.21. The van der Waals surface area contributed by atoms with Crippen LogP contribution in [0, 0.1) is 17.8 Å². The number of aliphatic hydroxyl groups excluding tert-OH is 1. The highest BCUT2D eigenvalue weighted by atomic mass is 16.3. The van der Waals surface area contributed by atoms with Crippen LogP contribution in [-0.4, -0.2) is 181 Å². The maximum atomic E-state index is 14.2. The molecule has 1 rings (SSSR count). The van der Waals surface area contributed by atoms with Crippen LogP contribution in [-0.2, 0) is 47.9 Å². The van der Waals surface area contributed by atoms with Crippen LogP contribution in [0.5, 0.6) is 0 Å². The van der Waals surface area contributed by atoms with Gasteiger partial charge in [0.2, 0.25) is 59.1 Å². The number of aliphatic imine (C=N–C) groups is 1. The van der Waals surface area contributed by atoms with E-state index in [1.807, 2.05) is 6.92 Å². The molecule has 1 saturated heterocycles. The van der Waals surface area contributed by atoms with Crippen LogP contribution in [0.2, 0.25) is 0 Å². The molecule has 0 aromatic heterocycles. The normalized spacial score (nSPS) is 16.3. The summed E-state index contributed by atoms with van der Waals surface area (Å²) < 4.78 is 0. The molecule has 24 nitrogen and oxygen atoms in total. The number of nitrogens with two attached hydrogens (primary N) is 2. The van der Waals surface area contributed by atoms with Gasteiger partial charge in [-0.3, -0.25) is 52.9 Å². The van der Waals surface area contributed by atoms with Gasteiger partial charge in [-0.15, -0.1) is 0 Å². The molecule has 1 fully saturated rings. The highest BCUT2D eigenvalue weighted by Gasteiger charge is 2.40. The molecule has 1 aliphatic rings. The number of guanidine groups is 1. The number of carbonyl (C=O) groups is 10. The van der Waals surface area contributed by atoms with E-state index in [1.165, 1.54) is 25.9 Å². The Kier molecular flexibility index (Phi) is 27.6. The summed E-state index contributed by atoms with van der Waals surface area (Å²) in [5.74, 6) is -7.42. The quantitative estimate of drug-likeness (QED) is 0.0203. The lowest BCUT2D eigenvalue weighted by molar-refractivity contribution is -0.144. The van der Waals surface area contributed by atoms with Crippen LogP contribution in [0.15, 0.2) is 4.99 Å². The van der Waals surface area contributed by atoms with E-state index in [0.29, 0.717) is 45.2 Å². The number of rotatable bonds is 30. The van der Waals surface area contributed by atoms with Gasteiger partial charge in [0.15, 0.2) is 5.96 Å². The topological polar surface area (TPSA) is 349 Å². The summed E-state index contributed by atoms with van der Waals surface area (Å²) in [5, 5.41) is 28.9. The molecule has 0 aromatic carbocycles. The van der Waals surface area contributed by atoms with Gasteiger partial charge in [0.05, 0.1) is 19.7 Å². The summed E-state index contributed by atoms with van der Waals surface area (Å²) in [4.78, 5) is 141.